The van der Waals surface area contributed by atoms with Gasteiger partial charge in [0.25, 0.3) is 0 Å². The number of nitriles is 1. The Morgan fingerprint density at radius 2 is 1.82 bits per heavy atom. The first-order valence-electron chi connectivity index (χ1n) is 8.93. The van der Waals surface area contributed by atoms with Gasteiger partial charge in [-0.3, -0.25) is 0 Å². The van der Waals surface area contributed by atoms with Crippen LogP contribution >= 0.6 is 0 Å². The Labute approximate surface area is 160 Å². The SMILES string of the molecule is N#Cc1ccc(C2CC(O)CC(CO)O2)cc1Cc1ccc(C(F)(F)F)cc1. The lowest BCUT2D eigenvalue weighted by molar-refractivity contribution is -0.137. The van der Waals surface area contributed by atoms with E-state index in [0.29, 0.717) is 36.0 Å². The van der Waals surface area contributed by atoms with Crippen LogP contribution in [-0.2, 0) is 17.3 Å². The minimum absolute atomic E-state index is 0.192. The second-order valence-electron chi connectivity index (χ2n) is 6.95. The molecule has 0 radical (unpaired) electrons. The van der Waals surface area contributed by atoms with E-state index in [1.54, 1.807) is 18.2 Å². The monoisotopic (exact) mass is 391 g/mol. The fourth-order valence-electron chi connectivity index (χ4n) is 3.42. The molecule has 2 aromatic carbocycles. The molecule has 0 spiro atoms. The second kappa shape index (κ2) is 8.31. The van der Waals surface area contributed by atoms with Gasteiger partial charge in [0.15, 0.2) is 0 Å². The summed E-state index contributed by atoms with van der Waals surface area (Å²) < 4.78 is 44.0. The van der Waals surface area contributed by atoms with E-state index in [1.165, 1.54) is 12.1 Å². The van der Waals surface area contributed by atoms with Gasteiger partial charge in [0.1, 0.15) is 0 Å². The van der Waals surface area contributed by atoms with Crippen molar-refractivity contribution >= 4 is 0 Å². The first-order valence-corrected chi connectivity index (χ1v) is 8.93. The molecule has 1 aliphatic rings. The van der Waals surface area contributed by atoms with Crippen molar-refractivity contribution in [2.24, 2.45) is 0 Å². The Balaban J connectivity index is 1.84. The number of rotatable bonds is 4. The van der Waals surface area contributed by atoms with E-state index in [-0.39, 0.29) is 6.61 Å². The highest BCUT2D eigenvalue weighted by atomic mass is 19.4. The minimum Gasteiger partial charge on any atom is -0.394 e. The fraction of sp³-hybridized carbons (Fsp3) is 0.381. The van der Waals surface area contributed by atoms with E-state index < -0.39 is 30.1 Å². The Bertz CT molecular complexity index is 859. The normalized spacial score (nSPS) is 22.6. The van der Waals surface area contributed by atoms with Crippen LogP contribution in [0.15, 0.2) is 42.5 Å². The van der Waals surface area contributed by atoms with Crippen LogP contribution in [0.3, 0.4) is 0 Å². The third-order valence-corrected chi connectivity index (χ3v) is 4.88. The Kier molecular flexibility index (Phi) is 6.04. The van der Waals surface area contributed by atoms with Gasteiger partial charge in [0.05, 0.1) is 42.1 Å². The summed E-state index contributed by atoms with van der Waals surface area (Å²) in [5.74, 6) is 0. The van der Waals surface area contributed by atoms with E-state index in [9.17, 15) is 28.6 Å². The van der Waals surface area contributed by atoms with Gasteiger partial charge in [-0.15, -0.1) is 0 Å². The Morgan fingerprint density at radius 3 is 2.43 bits per heavy atom. The van der Waals surface area contributed by atoms with Crippen molar-refractivity contribution in [3.63, 3.8) is 0 Å². The molecule has 3 atom stereocenters. The van der Waals surface area contributed by atoms with Crippen LogP contribution in [0.2, 0.25) is 0 Å². The topological polar surface area (TPSA) is 73.5 Å². The van der Waals surface area contributed by atoms with Crippen molar-refractivity contribution in [3.05, 3.63) is 70.3 Å². The number of benzene rings is 2. The van der Waals surface area contributed by atoms with Crippen LogP contribution in [0.4, 0.5) is 13.2 Å². The molecule has 2 aromatic rings. The van der Waals surface area contributed by atoms with Crippen LogP contribution in [0.5, 0.6) is 0 Å². The molecule has 28 heavy (non-hydrogen) atoms. The van der Waals surface area contributed by atoms with Crippen LogP contribution in [0.1, 0.15) is 46.8 Å². The Morgan fingerprint density at radius 1 is 1.11 bits per heavy atom. The number of hydrogen-bond donors (Lipinski definition) is 2. The van der Waals surface area contributed by atoms with Crippen molar-refractivity contribution < 1.29 is 28.1 Å². The van der Waals surface area contributed by atoms with Gasteiger partial charge in [0.2, 0.25) is 0 Å². The smallest absolute Gasteiger partial charge is 0.394 e. The molecule has 7 heteroatoms. The summed E-state index contributed by atoms with van der Waals surface area (Å²) in [5, 5.41) is 28.7. The van der Waals surface area contributed by atoms with Crippen molar-refractivity contribution in [2.45, 2.75) is 43.8 Å². The number of ether oxygens (including phenoxy) is 1. The summed E-state index contributed by atoms with van der Waals surface area (Å²) in [6.45, 7) is -0.192. The molecule has 3 rings (SSSR count). The first-order chi connectivity index (χ1) is 13.3. The molecule has 0 aliphatic carbocycles. The van der Waals surface area contributed by atoms with Crippen LogP contribution < -0.4 is 0 Å². The van der Waals surface area contributed by atoms with E-state index in [2.05, 4.69) is 6.07 Å². The minimum atomic E-state index is -4.39. The predicted molar refractivity (Wildman–Crippen MR) is 95.3 cm³/mol. The average Bonchev–Trinajstić information content (AvgIpc) is 2.67. The van der Waals surface area contributed by atoms with E-state index in [1.807, 2.05) is 0 Å². The van der Waals surface area contributed by atoms with Crippen LogP contribution in [-0.4, -0.2) is 29.0 Å². The Hall–Kier alpha value is -2.40. The number of alkyl halides is 3. The average molecular weight is 391 g/mol. The van der Waals surface area contributed by atoms with Gasteiger partial charge in [0, 0.05) is 12.8 Å². The molecule has 148 valence electrons. The summed E-state index contributed by atoms with van der Waals surface area (Å²) in [4.78, 5) is 0. The third kappa shape index (κ3) is 4.71. The third-order valence-electron chi connectivity index (χ3n) is 4.88. The zero-order chi connectivity index (χ0) is 20.3. The van der Waals surface area contributed by atoms with E-state index in [4.69, 9.17) is 4.74 Å². The summed E-state index contributed by atoms with van der Waals surface area (Å²) in [7, 11) is 0. The summed E-state index contributed by atoms with van der Waals surface area (Å²) >= 11 is 0. The zero-order valence-corrected chi connectivity index (χ0v) is 15.0. The summed E-state index contributed by atoms with van der Waals surface area (Å²) in [6.07, 6.45) is -4.82. The molecule has 0 aromatic heterocycles. The maximum absolute atomic E-state index is 12.7. The zero-order valence-electron chi connectivity index (χ0n) is 15.0. The fourth-order valence-corrected chi connectivity index (χ4v) is 3.42. The van der Waals surface area contributed by atoms with Crippen LogP contribution in [0.25, 0.3) is 0 Å². The standard InChI is InChI=1S/C21H20F3NO3/c22-21(23,24)17-5-1-13(2-6-17)7-16-8-14(3-4-15(16)11-25)20-10-18(27)9-19(12-26)28-20/h1-6,8,18-20,26-27H,7,9-10,12H2. The molecule has 1 heterocycles. The number of hydrogen-bond acceptors (Lipinski definition) is 4. The molecule has 2 N–H and O–H groups in total. The molecule has 1 fully saturated rings. The summed E-state index contributed by atoms with van der Waals surface area (Å²) in [6, 6.07) is 12.1. The second-order valence-corrected chi connectivity index (χ2v) is 6.95. The highest BCUT2D eigenvalue weighted by molar-refractivity contribution is 5.44. The van der Waals surface area contributed by atoms with E-state index in [0.717, 1.165) is 17.7 Å². The quantitative estimate of drug-likeness (QED) is 0.833. The van der Waals surface area contributed by atoms with Crippen molar-refractivity contribution in [2.75, 3.05) is 6.61 Å². The number of aliphatic hydroxyl groups excluding tert-OH is 2. The van der Waals surface area contributed by atoms with Crippen molar-refractivity contribution in [1.29, 1.82) is 5.26 Å². The van der Waals surface area contributed by atoms with Gasteiger partial charge in [-0.25, -0.2) is 0 Å². The molecule has 0 amide bonds. The maximum atomic E-state index is 12.7. The lowest BCUT2D eigenvalue weighted by Crippen LogP contribution is -2.33. The number of halogens is 3. The van der Waals surface area contributed by atoms with E-state index >= 15 is 0 Å². The highest BCUT2D eigenvalue weighted by Gasteiger charge is 2.30. The van der Waals surface area contributed by atoms with Crippen molar-refractivity contribution in [3.8, 4) is 6.07 Å². The van der Waals surface area contributed by atoms with Gasteiger partial charge in [-0.1, -0.05) is 24.3 Å². The molecular formula is C21H20F3NO3. The summed E-state index contributed by atoms with van der Waals surface area (Å²) in [5.41, 5.74) is 1.80. The van der Waals surface area contributed by atoms with Crippen LogP contribution in [0, 0.1) is 11.3 Å². The van der Waals surface area contributed by atoms with Gasteiger partial charge in [-0.2, -0.15) is 18.4 Å². The number of nitrogens with zero attached hydrogens (tertiary/aromatic N) is 1. The molecular weight excluding hydrogens is 371 g/mol. The molecule has 0 saturated carbocycles. The first kappa shape index (κ1) is 20.3. The van der Waals surface area contributed by atoms with Crippen molar-refractivity contribution in [1.82, 2.24) is 0 Å². The molecule has 3 unspecified atom stereocenters. The number of aliphatic hydroxyl groups is 2. The molecule has 1 saturated heterocycles. The van der Waals surface area contributed by atoms with Gasteiger partial charge < -0.3 is 14.9 Å². The molecule has 1 aliphatic heterocycles. The van der Waals surface area contributed by atoms with Gasteiger partial charge in [-0.05, 0) is 41.3 Å². The predicted octanol–water partition coefficient (Wildman–Crippen LogP) is 3.74. The lowest BCUT2D eigenvalue weighted by atomic mass is 9.92. The van der Waals surface area contributed by atoms with Gasteiger partial charge >= 0.3 is 6.18 Å². The maximum Gasteiger partial charge on any atom is 0.416 e. The molecule has 0 bridgehead atoms. The highest BCUT2D eigenvalue weighted by Crippen LogP contribution is 2.33. The largest absolute Gasteiger partial charge is 0.416 e. The lowest BCUT2D eigenvalue weighted by Gasteiger charge is -2.32. The molecule has 4 nitrogen and oxygen atoms in total.